The van der Waals surface area contributed by atoms with E-state index in [4.69, 9.17) is 0 Å². The summed E-state index contributed by atoms with van der Waals surface area (Å²) in [5.41, 5.74) is 2.06. The van der Waals surface area contributed by atoms with Gasteiger partial charge in [0.25, 0.3) is 0 Å². The normalized spacial score (nSPS) is 11.0. The Morgan fingerprint density at radius 1 is 0.923 bits per heavy atom. The number of fused-ring (bicyclic) bond motifs is 1. The fourth-order valence-electron chi connectivity index (χ4n) is 2.90. The van der Waals surface area contributed by atoms with Crippen LogP contribution < -0.4 is 0 Å². The molecule has 0 aliphatic heterocycles. The summed E-state index contributed by atoms with van der Waals surface area (Å²) in [6, 6.07) is 16.3. The summed E-state index contributed by atoms with van der Waals surface area (Å²) >= 11 is 0. The van der Waals surface area contributed by atoms with Crippen molar-refractivity contribution in [2.24, 2.45) is 0 Å². The third-order valence-corrected chi connectivity index (χ3v) is 4.08. The van der Waals surface area contributed by atoms with Crippen molar-refractivity contribution in [1.29, 1.82) is 0 Å². The molecule has 26 heavy (non-hydrogen) atoms. The van der Waals surface area contributed by atoms with Crippen LogP contribution in [0.4, 0.5) is 8.78 Å². The second kappa shape index (κ2) is 6.07. The van der Waals surface area contributed by atoms with Crippen molar-refractivity contribution >= 4 is 16.9 Å². The van der Waals surface area contributed by atoms with E-state index in [1.165, 1.54) is 41.1 Å². The Hall–Kier alpha value is -3.54. The molecule has 0 spiro atoms. The van der Waals surface area contributed by atoms with Gasteiger partial charge in [0.2, 0.25) is 0 Å². The molecule has 4 nitrogen and oxygen atoms in total. The summed E-state index contributed by atoms with van der Waals surface area (Å²) in [7, 11) is 0. The number of rotatable bonds is 3. The SMILES string of the molecule is O=C(O)c1ccc2c(-c3cccc(F)c3)nn(-c3cccc(F)c3)c2c1. The highest BCUT2D eigenvalue weighted by Gasteiger charge is 2.16. The van der Waals surface area contributed by atoms with Crippen molar-refractivity contribution in [1.82, 2.24) is 9.78 Å². The van der Waals surface area contributed by atoms with Crippen molar-refractivity contribution in [2.45, 2.75) is 0 Å². The second-order valence-corrected chi connectivity index (χ2v) is 5.79. The molecule has 0 saturated carbocycles. The monoisotopic (exact) mass is 350 g/mol. The van der Waals surface area contributed by atoms with E-state index < -0.39 is 17.6 Å². The second-order valence-electron chi connectivity index (χ2n) is 5.79. The zero-order valence-electron chi connectivity index (χ0n) is 13.4. The molecule has 0 aliphatic rings. The number of nitrogens with zero attached hydrogens (tertiary/aromatic N) is 2. The number of benzene rings is 3. The lowest BCUT2D eigenvalue weighted by atomic mass is 10.1. The van der Waals surface area contributed by atoms with E-state index in [9.17, 15) is 18.7 Å². The number of hydrogen-bond acceptors (Lipinski definition) is 2. The van der Waals surface area contributed by atoms with E-state index in [0.29, 0.717) is 27.8 Å². The molecular formula is C20H12F2N2O2. The van der Waals surface area contributed by atoms with Crippen molar-refractivity contribution in [3.05, 3.63) is 83.9 Å². The van der Waals surface area contributed by atoms with Gasteiger partial charge < -0.3 is 5.11 Å². The maximum Gasteiger partial charge on any atom is 0.335 e. The molecule has 0 fully saturated rings. The molecule has 0 amide bonds. The lowest BCUT2D eigenvalue weighted by molar-refractivity contribution is 0.0697. The Balaban J connectivity index is 2.04. The molecule has 1 aromatic heterocycles. The third kappa shape index (κ3) is 2.71. The zero-order valence-corrected chi connectivity index (χ0v) is 13.4. The van der Waals surface area contributed by atoms with Crippen LogP contribution in [0.5, 0.6) is 0 Å². The van der Waals surface area contributed by atoms with Crippen LogP contribution in [-0.2, 0) is 0 Å². The number of carbonyl (C=O) groups is 1. The zero-order chi connectivity index (χ0) is 18.3. The summed E-state index contributed by atoms with van der Waals surface area (Å²) in [5.74, 6) is -1.92. The van der Waals surface area contributed by atoms with Crippen LogP contribution in [0.3, 0.4) is 0 Å². The predicted octanol–water partition coefficient (Wildman–Crippen LogP) is 4.67. The molecule has 0 atom stereocenters. The number of aromatic nitrogens is 2. The summed E-state index contributed by atoms with van der Waals surface area (Å²) in [6.45, 7) is 0. The van der Waals surface area contributed by atoms with E-state index >= 15 is 0 Å². The molecule has 0 unspecified atom stereocenters. The number of carboxylic acid groups (broad SMARTS) is 1. The first kappa shape index (κ1) is 16.0. The summed E-state index contributed by atoms with van der Waals surface area (Å²) in [6.07, 6.45) is 0. The fourth-order valence-corrected chi connectivity index (χ4v) is 2.90. The van der Waals surface area contributed by atoms with Crippen LogP contribution in [-0.4, -0.2) is 20.9 Å². The Kier molecular flexibility index (Phi) is 3.73. The van der Waals surface area contributed by atoms with Gasteiger partial charge in [-0.1, -0.05) is 18.2 Å². The fraction of sp³-hybridized carbons (Fsp3) is 0. The minimum atomic E-state index is -1.08. The van der Waals surface area contributed by atoms with E-state index in [2.05, 4.69) is 5.10 Å². The Morgan fingerprint density at radius 3 is 2.35 bits per heavy atom. The van der Waals surface area contributed by atoms with Crippen molar-refractivity contribution in [3.63, 3.8) is 0 Å². The molecule has 1 N–H and O–H groups in total. The van der Waals surface area contributed by atoms with Crippen LogP contribution in [0.2, 0.25) is 0 Å². The molecule has 128 valence electrons. The van der Waals surface area contributed by atoms with Gasteiger partial charge in [0, 0.05) is 10.9 Å². The predicted molar refractivity (Wildman–Crippen MR) is 93.4 cm³/mol. The molecular weight excluding hydrogens is 338 g/mol. The quantitative estimate of drug-likeness (QED) is 0.584. The van der Waals surface area contributed by atoms with Gasteiger partial charge in [0.05, 0.1) is 16.8 Å². The smallest absolute Gasteiger partial charge is 0.335 e. The first-order valence-corrected chi connectivity index (χ1v) is 7.81. The Morgan fingerprint density at radius 2 is 1.65 bits per heavy atom. The van der Waals surface area contributed by atoms with Gasteiger partial charge in [-0.3, -0.25) is 0 Å². The number of halogens is 2. The van der Waals surface area contributed by atoms with Crippen LogP contribution in [0.15, 0.2) is 66.7 Å². The number of aromatic carboxylic acids is 1. The lowest BCUT2D eigenvalue weighted by Gasteiger charge is -2.04. The topological polar surface area (TPSA) is 55.1 Å². The maximum atomic E-state index is 13.7. The molecule has 6 heteroatoms. The first-order chi connectivity index (χ1) is 12.5. The molecule has 4 rings (SSSR count). The molecule has 4 aromatic rings. The lowest BCUT2D eigenvalue weighted by Crippen LogP contribution is -1.99. The minimum absolute atomic E-state index is 0.0841. The number of carboxylic acids is 1. The molecule has 0 saturated heterocycles. The van der Waals surface area contributed by atoms with Crippen LogP contribution in [0, 0.1) is 11.6 Å². The number of hydrogen-bond donors (Lipinski definition) is 1. The van der Waals surface area contributed by atoms with Gasteiger partial charge in [-0.2, -0.15) is 5.10 Å². The van der Waals surface area contributed by atoms with Gasteiger partial charge in [-0.25, -0.2) is 18.3 Å². The Labute approximate surface area is 146 Å². The summed E-state index contributed by atoms with van der Waals surface area (Å²) < 4.78 is 28.8. The largest absolute Gasteiger partial charge is 0.478 e. The molecule has 3 aromatic carbocycles. The highest BCUT2D eigenvalue weighted by molar-refractivity contribution is 5.99. The van der Waals surface area contributed by atoms with E-state index in [-0.39, 0.29) is 5.56 Å². The first-order valence-electron chi connectivity index (χ1n) is 7.81. The van der Waals surface area contributed by atoms with Crippen molar-refractivity contribution in [3.8, 4) is 16.9 Å². The standard InChI is InChI=1S/C20H12F2N2O2/c21-14-4-1-3-12(9-14)19-17-8-7-13(20(25)26)10-18(17)24(23-19)16-6-2-5-15(22)11-16/h1-11H,(H,25,26). The van der Waals surface area contributed by atoms with Crippen LogP contribution >= 0.6 is 0 Å². The van der Waals surface area contributed by atoms with Crippen molar-refractivity contribution < 1.29 is 18.7 Å². The Bertz CT molecular complexity index is 1150. The van der Waals surface area contributed by atoms with Gasteiger partial charge in [-0.05, 0) is 48.5 Å². The van der Waals surface area contributed by atoms with Gasteiger partial charge in [-0.15, -0.1) is 0 Å². The van der Waals surface area contributed by atoms with E-state index in [0.717, 1.165) is 0 Å². The van der Waals surface area contributed by atoms with E-state index in [1.807, 2.05) is 0 Å². The average Bonchev–Trinajstić information content (AvgIpc) is 3.00. The van der Waals surface area contributed by atoms with Crippen LogP contribution in [0.1, 0.15) is 10.4 Å². The molecule has 0 radical (unpaired) electrons. The van der Waals surface area contributed by atoms with E-state index in [1.54, 1.807) is 30.3 Å². The molecule has 0 aliphatic carbocycles. The van der Waals surface area contributed by atoms with Crippen LogP contribution in [0.25, 0.3) is 27.8 Å². The van der Waals surface area contributed by atoms with Gasteiger partial charge in [0.1, 0.15) is 17.3 Å². The average molecular weight is 350 g/mol. The maximum absolute atomic E-state index is 13.7. The summed E-state index contributed by atoms with van der Waals surface area (Å²) in [4.78, 5) is 11.3. The highest BCUT2D eigenvalue weighted by Crippen LogP contribution is 2.31. The molecule has 0 bridgehead atoms. The third-order valence-electron chi connectivity index (χ3n) is 4.08. The highest BCUT2D eigenvalue weighted by atomic mass is 19.1. The minimum Gasteiger partial charge on any atom is -0.478 e. The van der Waals surface area contributed by atoms with Gasteiger partial charge in [0.15, 0.2) is 0 Å². The van der Waals surface area contributed by atoms with Crippen molar-refractivity contribution in [2.75, 3.05) is 0 Å². The molecule has 1 heterocycles. The van der Waals surface area contributed by atoms with Gasteiger partial charge >= 0.3 is 5.97 Å². The summed E-state index contributed by atoms with van der Waals surface area (Å²) in [5, 5.41) is 14.4.